The van der Waals surface area contributed by atoms with Gasteiger partial charge in [0.1, 0.15) is 11.2 Å². The molecule has 3 aliphatic rings. The number of furan rings is 1. The molecule has 0 aliphatic heterocycles. The fourth-order valence-corrected chi connectivity index (χ4v) is 11.2. The van der Waals surface area contributed by atoms with Crippen LogP contribution in [0, 0.1) is 0 Å². The van der Waals surface area contributed by atoms with Gasteiger partial charge in [0, 0.05) is 33.2 Å². The molecule has 0 saturated carbocycles. The lowest BCUT2D eigenvalue weighted by molar-refractivity contribution is 0.660. The second-order valence-electron chi connectivity index (χ2n) is 17.2. The van der Waals surface area contributed by atoms with E-state index in [1.165, 1.54) is 66.8 Å². The average Bonchev–Trinajstić information content (AvgIpc) is 3.98. The number of hydrogen-bond donors (Lipinski definition) is 0. The van der Waals surface area contributed by atoms with Crippen molar-refractivity contribution >= 4 is 39.0 Å². The summed E-state index contributed by atoms with van der Waals surface area (Å²) in [6.45, 7) is 4.73. The fourth-order valence-electron chi connectivity index (χ4n) is 11.2. The van der Waals surface area contributed by atoms with Gasteiger partial charge in [-0.25, -0.2) is 0 Å². The minimum atomic E-state index is -0.387. The van der Waals surface area contributed by atoms with E-state index in [4.69, 9.17) is 4.42 Å². The highest BCUT2D eigenvalue weighted by Crippen LogP contribution is 2.63. The van der Waals surface area contributed by atoms with Gasteiger partial charge in [-0.3, -0.25) is 0 Å². The molecular weight excluding hydrogens is 727 g/mol. The van der Waals surface area contributed by atoms with Crippen molar-refractivity contribution in [2.24, 2.45) is 0 Å². The summed E-state index contributed by atoms with van der Waals surface area (Å²) in [5.41, 5.74) is 23.0. The second-order valence-corrected chi connectivity index (χ2v) is 17.2. The van der Waals surface area contributed by atoms with Crippen LogP contribution in [0.3, 0.4) is 0 Å². The maximum absolute atomic E-state index is 6.22. The van der Waals surface area contributed by atoms with E-state index in [1.54, 1.807) is 0 Å². The number of nitrogens with zero attached hydrogens (tertiary/aromatic N) is 1. The normalized spacial score (nSPS) is 14.4. The second kappa shape index (κ2) is 12.1. The molecule has 9 aromatic carbocycles. The first-order chi connectivity index (χ1) is 29.5. The molecule has 1 spiro atoms. The van der Waals surface area contributed by atoms with Gasteiger partial charge in [0.2, 0.25) is 0 Å². The van der Waals surface area contributed by atoms with E-state index in [0.717, 1.165) is 50.1 Å². The summed E-state index contributed by atoms with van der Waals surface area (Å²) in [6.07, 6.45) is 0. The van der Waals surface area contributed by atoms with E-state index in [9.17, 15) is 0 Å². The van der Waals surface area contributed by atoms with Crippen molar-refractivity contribution in [3.63, 3.8) is 0 Å². The van der Waals surface area contributed by atoms with Crippen molar-refractivity contribution in [3.05, 3.63) is 234 Å². The van der Waals surface area contributed by atoms with Gasteiger partial charge in [0.05, 0.1) is 5.41 Å². The van der Waals surface area contributed by atoms with E-state index in [1.807, 2.05) is 12.1 Å². The maximum atomic E-state index is 6.22. The molecule has 0 bridgehead atoms. The van der Waals surface area contributed by atoms with Crippen LogP contribution in [0.4, 0.5) is 17.1 Å². The summed E-state index contributed by atoms with van der Waals surface area (Å²) in [5.74, 6) is 0. The highest BCUT2D eigenvalue weighted by atomic mass is 16.3. The smallest absolute Gasteiger partial charge is 0.135 e. The van der Waals surface area contributed by atoms with Crippen molar-refractivity contribution in [1.29, 1.82) is 0 Å². The Bertz CT molecular complexity index is 3390. The van der Waals surface area contributed by atoms with Gasteiger partial charge in [-0.05, 0) is 132 Å². The van der Waals surface area contributed by atoms with Crippen LogP contribution in [0.15, 0.2) is 205 Å². The minimum Gasteiger partial charge on any atom is -0.456 e. The van der Waals surface area contributed by atoms with E-state index < -0.39 is 0 Å². The van der Waals surface area contributed by atoms with Crippen molar-refractivity contribution < 1.29 is 4.42 Å². The Morgan fingerprint density at radius 3 is 1.58 bits per heavy atom. The zero-order valence-electron chi connectivity index (χ0n) is 33.4. The van der Waals surface area contributed by atoms with Crippen molar-refractivity contribution in [3.8, 4) is 44.5 Å². The van der Waals surface area contributed by atoms with Gasteiger partial charge in [-0.1, -0.05) is 159 Å². The molecule has 1 heterocycles. The molecule has 0 amide bonds. The van der Waals surface area contributed by atoms with Crippen molar-refractivity contribution in [2.75, 3.05) is 4.90 Å². The lowest BCUT2D eigenvalue weighted by Gasteiger charge is -2.31. The first-order valence-electron chi connectivity index (χ1n) is 21.0. The number of rotatable bonds is 4. The minimum absolute atomic E-state index is 0.134. The van der Waals surface area contributed by atoms with Crippen LogP contribution < -0.4 is 4.90 Å². The van der Waals surface area contributed by atoms with E-state index in [0.29, 0.717) is 0 Å². The largest absolute Gasteiger partial charge is 0.456 e. The number of anilines is 3. The highest BCUT2D eigenvalue weighted by Gasteiger charge is 2.51. The lowest BCUT2D eigenvalue weighted by Crippen LogP contribution is -2.25. The van der Waals surface area contributed by atoms with Crippen LogP contribution in [-0.4, -0.2) is 0 Å². The summed E-state index contributed by atoms with van der Waals surface area (Å²) < 4.78 is 6.22. The summed E-state index contributed by atoms with van der Waals surface area (Å²) >= 11 is 0. The zero-order chi connectivity index (χ0) is 39.7. The van der Waals surface area contributed by atoms with Gasteiger partial charge < -0.3 is 9.32 Å². The molecule has 0 unspecified atom stereocenters. The van der Waals surface area contributed by atoms with E-state index in [2.05, 4.69) is 207 Å². The summed E-state index contributed by atoms with van der Waals surface area (Å²) in [7, 11) is 0. The molecule has 0 atom stereocenters. The van der Waals surface area contributed by atoms with Crippen molar-refractivity contribution in [2.45, 2.75) is 24.7 Å². The molecule has 0 fully saturated rings. The van der Waals surface area contributed by atoms with E-state index >= 15 is 0 Å². The standard InChI is InChI=1S/C58H39NO/c1-57(2)49-21-8-3-16-41(49)45-29-27-40(35-54(45)57)59(38-15-13-14-36(32-38)37-26-31-56-48(33-37)46-20-7-12-25-55(46)60-56)39-28-30-53-47(34-39)44-19-6-11-24-52(44)58(53)50-22-9-4-17-42(50)43-18-5-10-23-51(43)58/h3-35H,1-2H3. The van der Waals surface area contributed by atoms with Crippen LogP contribution in [0.2, 0.25) is 0 Å². The Balaban J connectivity index is 1.03. The summed E-state index contributed by atoms with van der Waals surface area (Å²) in [4.78, 5) is 2.47. The average molecular weight is 766 g/mol. The monoisotopic (exact) mass is 765 g/mol. The molecule has 282 valence electrons. The van der Waals surface area contributed by atoms with Crippen LogP contribution in [0.25, 0.3) is 66.4 Å². The summed E-state index contributed by atoms with van der Waals surface area (Å²) in [5, 5.41) is 2.27. The van der Waals surface area contributed by atoms with Crippen molar-refractivity contribution in [1.82, 2.24) is 0 Å². The van der Waals surface area contributed by atoms with Gasteiger partial charge in [0.25, 0.3) is 0 Å². The molecule has 1 aromatic heterocycles. The summed E-state index contributed by atoms with van der Waals surface area (Å²) in [6, 6.07) is 74.3. The van der Waals surface area contributed by atoms with Crippen LogP contribution >= 0.6 is 0 Å². The maximum Gasteiger partial charge on any atom is 0.135 e. The Hall–Kier alpha value is -7.42. The van der Waals surface area contributed by atoms with Gasteiger partial charge in [-0.15, -0.1) is 0 Å². The molecule has 0 radical (unpaired) electrons. The first kappa shape index (κ1) is 33.5. The Morgan fingerprint density at radius 2 is 0.850 bits per heavy atom. The predicted molar refractivity (Wildman–Crippen MR) is 248 cm³/mol. The third-order valence-corrected chi connectivity index (χ3v) is 13.9. The molecular formula is C58H39NO. The fraction of sp³-hybridized carbons (Fsp3) is 0.0690. The van der Waals surface area contributed by atoms with E-state index in [-0.39, 0.29) is 10.8 Å². The molecule has 0 saturated heterocycles. The molecule has 60 heavy (non-hydrogen) atoms. The zero-order valence-corrected chi connectivity index (χ0v) is 33.4. The topological polar surface area (TPSA) is 16.4 Å². The number of para-hydroxylation sites is 1. The van der Waals surface area contributed by atoms with Gasteiger partial charge >= 0.3 is 0 Å². The van der Waals surface area contributed by atoms with Gasteiger partial charge in [0.15, 0.2) is 0 Å². The number of hydrogen-bond acceptors (Lipinski definition) is 2. The Kier molecular flexibility index (Phi) is 6.74. The molecule has 2 nitrogen and oxygen atoms in total. The Labute approximate surface area is 349 Å². The lowest BCUT2D eigenvalue weighted by atomic mass is 9.70. The molecule has 13 rings (SSSR count). The third kappa shape index (κ3) is 4.38. The quantitative estimate of drug-likeness (QED) is 0.177. The number of benzene rings is 9. The third-order valence-electron chi connectivity index (χ3n) is 13.9. The number of fused-ring (bicyclic) bond motifs is 16. The SMILES string of the molecule is CC1(C)c2ccccc2-c2ccc(N(c3cccc(-c4ccc5oc6ccccc6c5c4)c3)c3ccc4c(c3)-c3ccccc3C43c4ccccc4-c4ccccc43)cc21. The molecule has 10 aromatic rings. The first-order valence-corrected chi connectivity index (χ1v) is 21.0. The highest BCUT2D eigenvalue weighted by molar-refractivity contribution is 6.06. The Morgan fingerprint density at radius 1 is 0.333 bits per heavy atom. The molecule has 2 heteroatoms. The van der Waals surface area contributed by atoms with Crippen LogP contribution in [0.5, 0.6) is 0 Å². The van der Waals surface area contributed by atoms with Gasteiger partial charge in [-0.2, -0.15) is 0 Å². The van der Waals surface area contributed by atoms with Crippen LogP contribution in [0.1, 0.15) is 47.2 Å². The molecule has 0 N–H and O–H groups in total. The predicted octanol–water partition coefficient (Wildman–Crippen LogP) is 15.4. The molecule has 3 aliphatic carbocycles. The van der Waals surface area contributed by atoms with Crippen LogP contribution in [-0.2, 0) is 10.8 Å².